The molecule has 0 aromatic heterocycles. The third kappa shape index (κ3) is 3.17. The van der Waals surface area contributed by atoms with Gasteiger partial charge in [-0.3, -0.25) is 0 Å². The van der Waals surface area contributed by atoms with E-state index in [1.165, 1.54) is 12.1 Å². The first kappa shape index (κ1) is 16.5. The van der Waals surface area contributed by atoms with E-state index in [0.717, 1.165) is 24.3 Å². The van der Waals surface area contributed by atoms with Crippen molar-refractivity contribution in [2.24, 2.45) is 0 Å². The van der Waals surface area contributed by atoms with Crippen molar-refractivity contribution in [1.29, 1.82) is 0 Å². The second-order valence-electron chi connectivity index (χ2n) is 4.79. The van der Waals surface area contributed by atoms with Crippen LogP contribution in [0.4, 0.5) is 28.9 Å². The first-order chi connectivity index (χ1) is 11.0. The molecule has 0 spiro atoms. The fourth-order valence-corrected chi connectivity index (χ4v) is 4.85. The van der Waals surface area contributed by atoms with Crippen molar-refractivity contribution in [3.63, 3.8) is 0 Å². The van der Waals surface area contributed by atoms with Crippen LogP contribution in [0.2, 0.25) is 0 Å². The van der Waals surface area contributed by atoms with Gasteiger partial charge in [0.25, 0.3) is 0 Å². The average molecular weight is 527 g/mol. The molecule has 1 saturated heterocycles. The Bertz CT molecular complexity index is 723. The molecule has 1 heterocycles. The Labute approximate surface area is 142 Å². The van der Waals surface area contributed by atoms with Crippen LogP contribution < -0.4 is 9.80 Å². The first-order valence-electron chi connectivity index (χ1n) is 6.52. The van der Waals surface area contributed by atoms with Gasteiger partial charge in [-0.25, -0.2) is 0 Å². The Kier molecular flexibility index (Phi) is 4.77. The third-order valence-corrected chi connectivity index (χ3v) is 5.77. The van der Waals surface area contributed by atoms with Crippen molar-refractivity contribution < 1.29 is 35.8 Å². The summed E-state index contributed by atoms with van der Waals surface area (Å²) in [6.07, 6.45) is 0. The van der Waals surface area contributed by atoms with Crippen LogP contribution in [0.3, 0.4) is 0 Å². The van der Waals surface area contributed by atoms with Gasteiger partial charge < -0.3 is 0 Å². The zero-order chi connectivity index (χ0) is 16.6. The standard InChI is InChI=1S/C15H10F4N2.Au.ClH/c16-10-1-3-14(12(18)7-10)20-5-6-21(9-20)15-4-2-11(17)8-13(15)19;;/h1-4,7-8H,5-6H2;;1H/q;+1;/p-1. The van der Waals surface area contributed by atoms with Gasteiger partial charge in [0, 0.05) is 0 Å². The van der Waals surface area contributed by atoms with E-state index < -0.39 is 41.5 Å². The van der Waals surface area contributed by atoms with Gasteiger partial charge in [0.1, 0.15) is 0 Å². The van der Waals surface area contributed by atoms with E-state index in [9.17, 15) is 17.6 Å². The Morgan fingerprint density at radius 2 is 1.22 bits per heavy atom. The third-order valence-electron chi connectivity index (χ3n) is 3.40. The number of anilines is 2. The maximum atomic E-state index is 14.0. The molecule has 8 heteroatoms. The number of nitrogens with zero attached hydrogens (tertiary/aromatic N) is 2. The molecule has 2 aromatic carbocycles. The van der Waals surface area contributed by atoms with E-state index in [4.69, 9.17) is 9.19 Å². The van der Waals surface area contributed by atoms with E-state index in [-0.39, 0.29) is 11.4 Å². The Morgan fingerprint density at radius 1 is 0.783 bits per heavy atom. The molecule has 0 radical (unpaired) electrons. The molecule has 1 aliphatic heterocycles. The Balaban J connectivity index is 1.98. The van der Waals surface area contributed by atoms with Crippen LogP contribution in [0, 0.1) is 23.3 Å². The summed E-state index contributed by atoms with van der Waals surface area (Å²) in [5, 5.41) is 0. The van der Waals surface area contributed by atoms with Gasteiger partial charge in [0.05, 0.1) is 0 Å². The van der Waals surface area contributed by atoms with Gasteiger partial charge in [-0.05, 0) is 0 Å². The van der Waals surface area contributed by atoms with Gasteiger partial charge >= 0.3 is 143 Å². The van der Waals surface area contributed by atoms with Crippen LogP contribution in [0.25, 0.3) is 0 Å². The molecule has 0 amide bonds. The quantitative estimate of drug-likeness (QED) is 0.433. The number of rotatable bonds is 2. The Hall–Kier alpha value is -1.34. The normalized spacial score (nSPS) is 14.9. The molecule has 1 aliphatic rings. The van der Waals surface area contributed by atoms with E-state index in [0.29, 0.717) is 17.1 Å². The first-order valence-corrected chi connectivity index (χ1v) is 10.3. The van der Waals surface area contributed by atoms with Crippen LogP contribution in [0.1, 0.15) is 0 Å². The van der Waals surface area contributed by atoms with Gasteiger partial charge in [-0.2, -0.15) is 0 Å². The fraction of sp³-hybridized carbons (Fsp3) is 0.133. The molecule has 0 saturated carbocycles. The van der Waals surface area contributed by atoms with Crippen LogP contribution in [0.15, 0.2) is 36.4 Å². The van der Waals surface area contributed by atoms with Crippen LogP contribution in [-0.4, -0.2) is 17.1 Å². The summed E-state index contributed by atoms with van der Waals surface area (Å²) >= 11 is -0.928. The molecular formula is C15H10AuClF4N2. The molecule has 0 N–H and O–H groups in total. The topological polar surface area (TPSA) is 6.48 Å². The second-order valence-corrected chi connectivity index (χ2v) is 7.10. The average Bonchev–Trinajstić information content (AvgIpc) is 2.90. The van der Waals surface area contributed by atoms with Gasteiger partial charge in [-0.1, -0.05) is 0 Å². The Morgan fingerprint density at radius 3 is 1.57 bits per heavy atom. The van der Waals surface area contributed by atoms with Crippen molar-refractivity contribution in [1.82, 2.24) is 0 Å². The predicted molar refractivity (Wildman–Crippen MR) is 78.3 cm³/mol. The summed E-state index contributed by atoms with van der Waals surface area (Å²) in [6.45, 7) is 0.746. The SMILES string of the molecule is Fc1ccc(N2CCN(c3ccc(F)cc3F)[C]2=[Au][Cl])c(F)c1. The summed E-state index contributed by atoms with van der Waals surface area (Å²) in [6, 6.07) is 6.54. The zero-order valence-electron chi connectivity index (χ0n) is 11.5. The monoisotopic (exact) mass is 526 g/mol. The summed E-state index contributed by atoms with van der Waals surface area (Å²) in [5.74, 6) is -2.77. The predicted octanol–water partition coefficient (Wildman–Crippen LogP) is 3.89. The molecule has 0 atom stereocenters. The minimum atomic E-state index is -0.928. The summed E-state index contributed by atoms with van der Waals surface area (Å²) in [7, 11) is 6.05. The van der Waals surface area contributed by atoms with E-state index in [1.807, 2.05) is 0 Å². The molecule has 2 aromatic rings. The number of halogens is 5. The molecule has 0 aliphatic carbocycles. The minimum absolute atomic E-state index is 0.184. The molecule has 126 valence electrons. The molecule has 23 heavy (non-hydrogen) atoms. The fourth-order valence-electron chi connectivity index (χ4n) is 2.40. The van der Waals surface area contributed by atoms with E-state index >= 15 is 0 Å². The molecule has 2 nitrogen and oxygen atoms in total. The summed E-state index contributed by atoms with van der Waals surface area (Å²) < 4.78 is 54.7. The molecule has 3 rings (SSSR count). The number of benzene rings is 2. The van der Waals surface area contributed by atoms with Crippen molar-refractivity contribution in [2.75, 3.05) is 22.9 Å². The maximum absolute atomic E-state index is 14.0. The van der Waals surface area contributed by atoms with Crippen molar-refractivity contribution in [3.05, 3.63) is 59.7 Å². The molecular weight excluding hydrogens is 517 g/mol. The van der Waals surface area contributed by atoms with Gasteiger partial charge in [0.15, 0.2) is 0 Å². The van der Waals surface area contributed by atoms with Crippen molar-refractivity contribution >= 4 is 24.5 Å². The molecule has 1 fully saturated rings. The number of hydrogen-bond donors (Lipinski definition) is 0. The van der Waals surface area contributed by atoms with E-state index in [1.54, 1.807) is 9.80 Å². The molecule has 0 bridgehead atoms. The van der Waals surface area contributed by atoms with Crippen LogP contribution in [0.5, 0.6) is 0 Å². The van der Waals surface area contributed by atoms with Crippen molar-refractivity contribution in [2.45, 2.75) is 0 Å². The van der Waals surface area contributed by atoms with E-state index in [2.05, 4.69) is 0 Å². The summed E-state index contributed by atoms with van der Waals surface area (Å²) in [5.41, 5.74) is 0.367. The number of hydrogen-bond acceptors (Lipinski definition) is 2. The van der Waals surface area contributed by atoms with Crippen LogP contribution >= 0.6 is 9.19 Å². The second kappa shape index (κ2) is 6.65. The van der Waals surface area contributed by atoms with Crippen LogP contribution in [-0.2, 0) is 18.2 Å². The summed E-state index contributed by atoms with van der Waals surface area (Å²) in [4.78, 5) is 3.21. The molecule has 0 unspecified atom stereocenters. The van der Waals surface area contributed by atoms with Gasteiger partial charge in [0.2, 0.25) is 0 Å². The van der Waals surface area contributed by atoms with Crippen molar-refractivity contribution in [3.8, 4) is 0 Å². The zero-order valence-corrected chi connectivity index (χ0v) is 14.4. The van der Waals surface area contributed by atoms with Gasteiger partial charge in [-0.15, -0.1) is 0 Å².